The Balaban J connectivity index is 1.63. The molecule has 3 rings (SSSR count). The van der Waals surface area contributed by atoms with Gasteiger partial charge in [0.15, 0.2) is 5.16 Å². The van der Waals surface area contributed by atoms with E-state index in [0.717, 1.165) is 16.5 Å². The van der Waals surface area contributed by atoms with Gasteiger partial charge in [0.1, 0.15) is 0 Å². The Labute approximate surface area is 149 Å². The molecule has 1 aromatic heterocycles. The molecule has 0 aliphatic heterocycles. The van der Waals surface area contributed by atoms with E-state index in [9.17, 15) is 4.79 Å². The average molecular weight is 358 g/mol. The van der Waals surface area contributed by atoms with Crippen LogP contribution in [0.25, 0.3) is 5.69 Å². The Morgan fingerprint density at radius 3 is 2.58 bits per heavy atom. The first kappa shape index (κ1) is 16.6. The summed E-state index contributed by atoms with van der Waals surface area (Å²) in [6.07, 6.45) is 3.63. The number of benzene rings is 2. The number of hydrogen-bond donors (Lipinski definition) is 1. The molecule has 1 N–H and O–H groups in total. The summed E-state index contributed by atoms with van der Waals surface area (Å²) in [6, 6.07) is 15.2. The highest BCUT2D eigenvalue weighted by atomic mass is 35.5. The molecule has 0 unspecified atom stereocenters. The molecular weight excluding hydrogens is 342 g/mol. The molecular formula is C18H16ClN3OS. The lowest BCUT2D eigenvalue weighted by Crippen LogP contribution is -2.14. The summed E-state index contributed by atoms with van der Waals surface area (Å²) in [6.45, 7) is 2.05. The fourth-order valence-corrected chi connectivity index (χ4v) is 3.06. The van der Waals surface area contributed by atoms with E-state index in [1.165, 1.54) is 17.3 Å². The number of nitrogens with one attached hydrogen (secondary N) is 1. The molecule has 1 amide bonds. The van der Waals surface area contributed by atoms with E-state index in [-0.39, 0.29) is 11.7 Å². The minimum atomic E-state index is -0.0826. The molecule has 0 radical (unpaired) electrons. The molecule has 122 valence electrons. The SMILES string of the molecule is Cc1ccc(-n2ccnc2SCC(=O)Nc2ccc(Cl)cc2)cc1. The highest BCUT2D eigenvalue weighted by Crippen LogP contribution is 2.21. The Morgan fingerprint density at radius 1 is 1.17 bits per heavy atom. The van der Waals surface area contributed by atoms with Gasteiger partial charge in [-0.15, -0.1) is 0 Å². The van der Waals surface area contributed by atoms with Gasteiger partial charge in [0.2, 0.25) is 5.91 Å². The molecule has 2 aromatic carbocycles. The molecule has 4 nitrogen and oxygen atoms in total. The molecule has 0 bridgehead atoms. The van der Waals surface area contributed by atoms with Crippen LogP contribution in [0.4, 0.5) is 5.69 Å². The van der Waals surface area contributed by atoms with Crippen LogP contribution in [0, 0.1) is 6.92 Å². The zero-order valence-electron chi connectivity index (χ0n) is 13.1. The number of carbonyl (C=O) groups is 1. The van der Waals surface area contributed by atoms with Gasteiger partial charge < -0.3 is 5.32 Å². The predicted molar refractivity (Wildman–Crippen MR) is 99.1 cm³/mol. The number of aromatic nitrogens is 2. The quantitative estimate of drug-likeness (QED) is 0.680. The number of rotatable bonds is 5. The van der Waals surface area contributed by atoms with Gasteiger partial charge in [0.25, 0.3) is 0 Å². The van der Waals surface area contributed by atoms with E-state index in [4.69, 9.17) is 11.6 Å². The first-order valence-corrected chi connectivity index (χ1v) is 8.77. The van der Waals surface area contributed by atoms with Crippen molar-refractivity contribution in [1.82, 2.24) is 9.55 Å². The topological polar surface area (TPSA) is 46.9 Å². The maximum atomic E-state index is 12.1. The Hall–Kier alpha value is -2.24. The normalized spacial score (nSPS) is 10.6. The summed E-state index contributed by atoms with van der Waals surface area (Å²) in [5, 5.41) is 4.27. The van der Waals surface area contributed by atoms with E-state index in [2.05, 4.69) is 29.4 Å². The second-order valence-electron chi connectivity index (χ2n) is 5.26. The number of anilines is 1. The van der Waals surface area contributed by atoms with Crippen LogP contribution in [0.3, 0.4) is 0 Å². The van der Waals surface area contributed by atoms with Crippen LogP contribution in [0.5, 0.6) is 0 Å². The lowest BCUT2D eigenvalue weighted by Gasteiger charge is -2.08. The van der Waals surface area contributed by atoms with Gasteiger partial charge in [-0.05, 0) is 43.3 Å². The predicted octanol–water partition coefficient (Wildman–Crippen LogP) is 4.56. The lowest BCUT2D eigenvalue weighted by molar-refractivity contribution is -0.113. The molecule has 0 spiro atoms. The maximum absolute atomic E-state index is 12.1. The second-order valence-corrected chi connectivity index (χ2v) is 6.64. The molecule has 0 atom stereocenters. The Morgan fingerprint density at radius 2 is 1.88 bits per heavy atom. The van der Waals surface area contributed by atoms with Gasteiger partial charge in [0, 0.05) is 28.8 Å². The molecule has 0 saturated carbocycles. The number of nitrogens with zero attached hydrogens (tertiary/aromatic N) is 2. The molecule has 0 saturated heterocycles. The average Bonchev–Trinajstić information content (AvgIpc) is 3.04. The van der Waals surface area contributed by atoms with Gasteiger partial charge in [-0.3, -0.25) is 9.36 Å². The van der Waals surface area contributed by atoms with Gasteiger partial charge in [0.05, 0.1) is 5.75 Å². The third-order valence-corrected chi connectivity index (χ3v) is 4.60. The summed E-state index contributed by atoms with van der Waals surface area (Å²) < 4.78 is 1.97. The third-order valence-electron chi connectivity index (χ3n) is 3.38. The maximum Gasteiger partial charge on any atom is 0.234 e. The number of amides is 1. The highest BCUT2D eigenvalue weighted by molar-refractivity contribution is 7.99. The summed E-state index contributed by atoms with van der Waals surface area (Å²) in [5.41, 5.74) is 2.96. The van der Waals surface area contributed by atoms with E-state index in [1.807, 2.05) is 22.9 Å². The standard InChI is InChI=1S/C18H16ClN3OS/c1-13-2-8-16(9-3-13)22-11-10-20-18(22)24-12-17(23)21-15-6-4-14(19)5-7-15/h2-11H,12H2,1H3,(H,21,23). The number of thioether (sulfide) groups is 1. The van der Waals surface area contributed by atoms with Crippen molar-refractivity contribution >= 4 is 35.0 Å². The Bertz CT molecular complexity index is 828. The van der Waals surface area contributed by atoms with Gasteiger partial charge >= 0.3 is 0 Å². The lowest BCUT2D eigenvalue weighted by atomic mass is 10.2. The second kappa shape index (κ2) is 7.55. The first-order valence-electron chi connectivity index (χ1n) is 7.40. The summed E-state index contributed by atoms with van der Waals surface area (Å²) in [5.74, 6) is 0.201. The van der Waals surface area contributed by atoms with Crippen molar-refractivity contribution in [2.24, 2.45) is 0 Å². The van der Waals surface area contributed by atoms with E-state index in [0.29, 0.717) is 5.02 Å². The van der Waals surface area contributed by atoms with Crippen LogP contribution in [0.1, 0.15) is 5.56 Å². The molecule has 0 aliphatic rings. The number of imidazole rings is 1. The Kier molecular flexibility index (Phi) is 5.23. The van der Waals surface area contributed by atoms with Crippen LogP contribution >= 0.6 is 23.4 Å². The van der Waals surface area contributed by atoms with Crippen molar-refractivity contribution < 1.29 is 4.79 Å². The smallest absolute Gasteiger partial charge is 0.234 e. The van der Waals surface area contributed by atoms with Crippen molar-refractivity contribution in [3.8, 4) is 5.69 Å². The van der Waals surface area contributed by atoms with Crippen LogP contribution in [0.15, 0.2) is 66.1 Å². The minimum absolute atomic E-state index is 0.0826. The van der Waals surface area contributed by atoms with Gasteiger partial charge in [-0.2, -0.15) is 0 Å². The van der Waals surface area contributed by atoms with E-state index in [1.54, 1.807) is 30.5 Å². The van der Waals surface area contributed by atoms with E-state index >= 15 is 0 Å². The van der Waals surface area contributed by atoms with Crippen molar-refractivity contribution in [3.63, 3.8) is 0 Å². The van der Waals surface area contributed by atoms with Crippen LogP contribution in [-0.2, 0) is 4.79 Å². The summed E-state index contributed by atoms with van der Waals surface area (Å²) >= 11 is 7.23. The number of hydrogen-bond acceptors (Lipinski definition) is 3. The molecule has 3 aromatic rings. The first-order chi connectivity index (χ1) is 11.6. The fraction of sp³-hybridized carbons (Fsp3) is 0.111. The van der Waals surface area contributed by atoms with E-state index < -0.39 is 0 Å². The minimum Gasteiger partial charge on any atom is -0.325 e. The zero-order valence-corrected chi connectivity index (χ0v) is 14.6. The molecule has 0 fully saturated rings. The monoisotopic (exact) mass is 357 g/mol. The van der Waals surface area contributed by atoms with Crippen LogP contribution < -0.4 is 5.32 Å². The largest absolute Gasteiger partial charge is 0.325 e. The van der Waals surface area contributed by atoms with Crippen molar-refractivity contribution in [1.29, 1.82) is 0 Å². The number of carbonyl (C=O) groups excluding carboxylic acids is 1. The van der Waals surface area contributed by atoms with Crippen molar-refractivity contribution in [2.75, 3.05) is 11.1 Å². The fourth-order valence-electron chi connectivity index (χ4n) is 2.16. The summed E-state index contributed by atoms with van der Waals surface area (Å²) in [4.78, 5) is 16.4. The zero-order chi connectivity index (χ0) is 16.9. The van der Waals surface area contributed by atoms with Crippen LogP contribution in [0.2, 0.25) is 5.02 Å². The molecule has 1 heterocycles. The van der Waals surface area contributed by atoms with Crippen LogP contribution in [-0.4, -0.2) is 21.2 Å². The van der Waals surface area contributed by atoms with Crippen molar-refractivity contribution in [2.45, 2.75) is 12.1 Å². The molecule has 0 aliphatic carbocycles. The molecule has 6 heteroatoms. The van der Waals surface area contributed by atoms with Gasteiger partial charge in [-0.25, -0.2) is 4.98 Å². The third kappa shape index (κ3) is 4.19. The summed E-state index contributed by atoms with van der Waals surface area (Å²) in [7, 11) is 0. The van der Waals surface area contributed by atoms with Gasteiger partial charge in [-0.1, -0.05) is 41.1 Å². The highest BCUT2D eigenvalue weighted by Gasteiger charge is 2.09. The van der Waals surface area contributed by atoms with Crippen molar-refractivity contribution in [3.05, 3.63) is 71.5 Å². The number of halogens is 1. The molecule has 24 heavy (non-hydrogen) atoms. The number of aryl methyl sites for hydroxylation is 1.